The van der Waals surface area contributed by atoms with E-state index in [9.17, 15) is 9.59 Å². The molecule has 1 saturated heterocycles. The molecule has 21 heavy (non-hydrogen) atoms. The van der Waals surface area contributed by atoms with Gasteiger partial charge in [-0.1, -0.05) is 0 Å². The molecule has 0 aliphatic carbocycles. The summed E-state index contributed by atoms with van der Waals surface area (Å²) >= 11 is 0. The van der Waals surface area contributed by atoms with Crippen LogP contribution in [0.1, 0.15) is 40.0 Å². The Morgan fingerprint density at radius 1 is 1.33 bits per heavy atom. The van der Waals surface area contributed by atoms with Gasteiger partial charge in [-0.05, 0) is 39.7 Å². The second kappa shape index (κ2) is 9.33. The number of hydrogen-bond acceptors (Lipinski definition) is 4. The number of likely N-dealkylation sites (tertiary alicyclic amines) is 1. The molecule has 3 N–H and O–H groups in total. The monoisotopic (exact) mass is 302 g/mol. The van der Waals surface area contributed by atoms with Crippen molar-refractivity contribution in [3.8, 4) is 0 Å². The van der Waals surface area contributed by atoms with Crippen LogP contribution >= 0.6 is 0 Å². The van der Waals surface area contributed by atoms with Crippen LogP contribution in [-0.4, -0.2) is 58.6 Å². The summed E-state index contributed by atoms with van der Waals surface area (Å²) in [5.41, 5.74) is 0.183. The van der Waals surface area contributed by atoms with E-state index in [0.29, 0.717) is 12.5 Å². The summed E-state index contributed by atoms with van der Waals surface area (Å²) in [4.78, 5) is 32.5. The molecule has 0 radical (unpaired) electrons. The molecule has 1 fully saturated rings. The molecule has 0 spiro atoms. The van der Waals surface area contributed by atoms with Crippen LogP contribution in [0.25, 0.3) is 0 Å². The number of carboxylic acid groups (broad SMARTS) is 2. The fourth-order valence-corrected chi connectivity index (χ4v) is 2.18. The van der Waals surface area contributed by atoms with Crippen molar-refractivity contribution in [1.29, 1.82) is 0 Å². The average molecular weight is 302 g/mol. The molecule has 122 valence electrons. The van der Waals surface area contributed by atoms with Crippen molar-refractivity contribution >= 4 is 18.3 Å². The van der Waals surface area contributed by atoms with Gasteiger partial charge in [-0.3, -0.25) is 19.3 Å². The molecule has 0 bridgehead atoms. The minimum absolute atomic E-state index is 0.0744. The lowest BCUT2D eigenvalue weighted by atomic mass is 10.1. The second-order valence-electron chi connectivity index (χ2n) is 6.07. The predicted molar refractivity (Wildman–Crippen MR) is 78.0 cm³/mol. The molecular weight excluding hydrogens is 276 g/mol. The number of amides is 1. The van der Waals surface area contributed by atoms with Gasteiger partial charge in [0.15, 0.2) is 0 Å². The Hall–Kier alpha value is -1.63. The van der Waals surface area contributed by atoms with E-state index in [2.05, 4.69) is 31.0 Å². The van der Waals surface area contributed by atoms with Crippen LogP contribution in [0.15, 0.2) is 0 Å². The third-order valence-electron chi connectivity index (χ3n) is 3.39. The summed E-state index contributed by atoms with van der Waals surface area (Å²) < 4.78 is 0. The first kappa shape index (κ1) is 19.4. The smallest absolute Gasteiger partial charge is 0.303 e. The fraction of sp³-hybridized carbons (Fsp3) is 0.786. The maximum Gasteiger partial charge on any atom is 0.303 e. The van der Waals surface area contributed by atoms with Gasteiger partial charge >= 0.3 is 5.97 Å². The molecule has 7 nitrogen and oxygen atoms in total. The minimum Gasteiger partial charge on any atom is -0.483 e. The molecule has 7 heteroatoms. The van der Waals surface area contributed by atoms with E-state index in [1.165, 1.54) is 0 Å². The van der Waals surface area contributed by atoms with Gasteiger partial charge in [-0.25, -0.2) is 0 Å². The highest BCUT2D eigenvalue weighted by atomic mass is 16.4. The Kier molecular flexibility index (Phi) is 8.61. The number of carbonyl (C=O) groups is 3. The summed E-state index contributed by atoms with van der Waals surface area (Å²) in [5.74, 6) is -0.602. The van der Waals surface area contributed by atoms with E-state index in [1.54, 1.807) is 0 Å². The Morgan fingerprint density at radius 3 is 2.33 bits per heavy atom. The Morgan fingerprint density at radius 2 is 1.90 bits per heavy atom. The first-order valence-electron chi connectivity index (χ1n) is 7.02. The number of nitrogens with one attached hydrogen (secondary N) is 1. The van der Waals surface area contributed by atoms with Crippen molar-refractivity contribution in [3.63, 3.8) is 0 Å². The lowest BCUT2D eigenvalue weighted by molar-refractivity contribution is -0.138. The highest BCUT2D eigenvalue weighted by Gasteiger charge is 2.30. The van der Waals surface area contributed by atoms with E-state index in [-0.39, 0.29) is 30.8 Å². The third-order valence-corrected chi connectivity index (χ3v) is 3.39. The van der Waals surface area contributed by atoms with Crippen molar-refractivity contribution in [2.24, 2.45) is 5.92 Å². The molecule has 0 saturated carbocycles. The molecule has 0 aromatic heterocycles. The molecule has 1 rings (SSSR count). The molecule has 0 aromatic carbocycles. The van der Waals surface area contributed by atoms with Crippen LogP contribution in [0.3, 0.4) is 0 Å². The van der Waals surface area contributed by atoms with Gasteiger partial charge in [0.25, 0.3) is 6.47 Å². The zero-order valence-corrected chi connectivity index (χ0v) is 13.0. The summed E-state index contributed by atoms with van der Waals surface area (Å²) in [7, 11) is 0. The zero-order chi connectivity index (χ0) is 16.5. The summed E-state index contributed by atoms with van der Waals surface area (Å²) in [6.07, 6.45) is 1.08. The SMILES string of the molecule is CC(C)(C)N1CCC(CNC(=O)CCC(=O)O)C1.O=CO. The molecule has 1 amide bonds. The lowest BCUT2D eigenvalue weighted by Crippen LogP contribution is -2.40. The molecule has 1 atom stereocenters. The van der Waals surface area contributed by atoms with E-state index in [0.717, 1.165) is 19.5 Å². The van der Waals surface area contributed by atoms with Gasteiger partial charge in [0.05, 0.1) is 6.42 Å². The van der Waals surface area contributed by atoms with Gasteiger partial charge < -0.3 is 15.5 Å². The number of aliphatic carboxylic acids is 1. The highest BCUT2D eigenvalue weighted by molar-refractivity contribution is 5.80. The topological polar surface area (TPSA) is 107 Å². The maximum absolute atomic E-state index is 11.4. The molecule has 1 unspecified atom stereocenters. The Bertz CT molecular complexity index is 352. The third kappa shape index (κ3) is 9.01. The number of carbonyl (C=O) groups excluding carboxylic acids is 1. The van der Waals surface area contributed by atoms with Gasteiger partial charge in [-0.2, -0.15) is 0 Å². The molecule has 1 aliphatic rings. The van der Waals surface area contributed by atoms with Crippen LogP contribution in [0.2, 0.25) is 0 Å². The highest BCUT2D eigenvalue weighted by Crippen LogP contribution is 2.23. The van der Waals surface area contributed by atoms with Crippen molar-refractivity contribution in [1.82, 2.24) is 10.2 Å². The molecular formula is C14H26N2O5. The summed E-state index contributed by atoms with van der Waals surface area (Å²) in [6.45, 7) is 9.06. The van der Waals surface area contributed by atoms with Crippen molar-refractivity contribution in [3.05, 3.63) is 0 Å². The predicted octanol–water partition coefficient (Wildman–Crippen LogP) is 0.789. The van der Waals surface area contributed by atoms with Gasteiger partial charge in [0.1, 0.15) is 0 Å². The minimum atomic E-state index is -0.926. The van der Waals surface area contributed by atoms with Crippen LogP contribution in [0.4, 0.5) is 0 Å². The summed E-state index contributed by atoms with van der Waals surface area (Å²) in [6, 6.07) is 0. The van der Waals surface area contributed by atoms with Gasteiger partial charge in [-0.15, -0.1) is 0 Å². The summed E-state index contributed by atoms with van der Waals surface area (Å²) in [5, 5.41) is 18.2. The zero-order valence-electron chi connectivity index (χ0n) is 13.0. The van der Waals surface area contributed by atoms with Crippen LogP contribution in [0.5, 0.6) is 0 Å². The Labute approximate surface area is 125 Å². The normalized spacial score (nSPS) is 18.5. The van der Waals surface area contributed by atoms with Gasteiger partial charge in [0, 0.05) is 25.0 Å². The van der Waals surface area contributed by atoms with Gasteiger partial charge in [0.2, 0.25) is 5.91 Å². The molecule has 0 aromatic rings. The first-order chi connectivity index (χ1) is 9.70. The van der Waals surface area contributed by atoms with E-state index in [1.807, 2.05) is 0 Å². The van der Waals surface area contributed by atoms with Crippen molar-refractivity contribution in [2.75, 3.05) is 19.6 Å². The maximum atomic E-state index is 11.4. The number of rotatable bonds is 5. The van der Waals surface area contributed by atoms with Crippen molar-refractivity contribution in [2.45, 2.75) is 45.6 Å². The number of nitrogens with zero attached hydrogens (tertiary/aromatic N) is 1. The Balaban J connectivity index is 0.00000122. The van der Waals surface area contributed by atoms with Crippen LogP contribution < -0.4 is 5.32 Å². The lowest BCUT2D eigenvalue weighted by Gasteiger charge is -2.31. The molecule has 1 heterocycles. The standard InChI is InChI=1S/C13H24N2O3.CH2O2/c1-13(2,3)15-7-6-10(9-15)8-14-11(16)4-5-12(17)18;2-1-3/h10H,4-9H2,1-3H3,(H,14,16)(H,17,18);1H,(H,2,3). The fourth-order valence-electron chi connectivity index (χ4n) is 2.18. The first-order valence-corrected chi connectivity index (χ1v) is 7.02. The average Bonchev–Trinajstić information content (AvgIpc) is 2.83. The molecule has 1 aliphatic heterocycles. The van der Waals surface area contributed by atoms with Crippen LogP contribution in [-0.2, 0) is 14.4 Å². The second-order valence-corrected chi connectivity index (χ2v) is 6.07. The quantitative estimate of drug-likeness (QED) is 0.648. The number of hydrogen-bond donors (Lipinski definition) is 3. The van der Waals surface area contributed by atoms with Crippen LogP contribution in [0, 0.1) is 5.92 Å². The number of carboxylic acids is 1. The van der Waals surface area contributed by atoms with E-state index < -0.39 is 5.97 Å². The van der Waals surface area contributed by atoms with E-state index >= 15 is 0 Å². The van der Waals surface area contributed by atoms with E-state index in [4.69, 9.17) is 15.0 Å². The largest absolute Gasteiger partial charge is 0.483 e. The van der Waals surface area contributed by atoms with Crippen molar-refractivity contribution < 1.29 is 24.6 Å².